The minimum absolute atomic E-state index is 0.0600. The molecule has 2 aliphatic heterocycles. The molecule has 59 heavy (non-hydrogen) atoms. The van der Waals surface area contributed by atoms with Crippen molar-refractivity contribution >= 4 is 51.3 Å². The minimum atomic E-state index is -0.617. The number of hydrogen-bond acceptors (Lipinski definition) is 9. The molecular weight excluding hydrogens is 747 g/mol. The average molecular weight is 790 g/mol. The summed E-state index contributed by atoms with van der Waals surface area (Å²) in [4.78, 5) is 80.0. The maximum Gasteiger partial charge on any atom is 0.356 e. The Bertz CT molecular complexity index is 2460. The first kappa shape index (κ1) is 41.3. The summed E-state index contributed by atoms with van der Waals surface area (Å²) in [5.41, 5.74) is 3.33. The Hall–Kier alpha value is -7.30. The van der Waals surface area contributed by atoms with Crippen molar-refractivity contribution in [2.45, 2.75) is 0 Å². The van der Waals surface area contributed by atoms with E-state index in [1.165, 1.54) is 12.0 Å². The van der Waals surface area contributed by atoms with Gasteiger partial charge in [0.25, 0.3) is 30.2 Å². The maximum atomic E-state index is 12.6. The van der Waals surface area contributed by atoms with Crippen LogP contribution in [0.4, 0.5) is 0 Å². The second-order valence-corrected chi connectivity index (χ2v) is 13.6. The van der Waals surface area contributed by atoms with Gasteiger partial charge in [0.2, 0.25) is 0 Å². The number of piperazine rings is 2. The van der Waals surface area contributed by atoms with Crippen molar-refractivity contribution in [1.82, 2.24) is 29.6 Å². The molecule has 13 nitrogen and oxygen atoms in total. The number of ketones is 1. The number of amides is 3. The summed E-state index contributed by atoms with van der Waals surface area (Å²) in [6.45, 7) is 11.7. The van der Waals surface area contributed by atoms with Gasteiger partial charge in [0.05, 0.1) is 18.1 Å². The molecule has 4 aromatic carbocycles. The van der Waals surface area contributed by atoms with Crippen LogP contribution in [0.1, 0.15) is 41.7 Å². The molecule has 3 amide bonds. The molecule has 0 saturated carbocycles. The molecule has 0 atom stereocenters. The molecule has 0 bridgehead atoms. The fraction of sp³-hybridized carbons (Fsp3) is 0.217. The third-order valence-electron chi connectivity index (χ3n) is 9.84. The van der Waals surface area contributed by atoms with Gasteiger partial charge in [-0.25, -0.2) is 26.2 Å². The standard InChI is InChI=1S/C22H19N3O3.C13H15N3O.C11H9NO2/c26-20(19-11-10-16-6-4-5-9-18(16)23-19)22(28)25-14-12-24(13-15-25)21(27)17-7-2-1-3-8-17;1-14-11-15-7-9-16(10-8-15)13(17)12-5-3-2-4-6-12;1-14-11(13)10-7-6-8-4-2-3-5-9(8)12-10/h1-11H,12-15H2;2-6H,7-11H2;2-7H,1H3. The number of para-hydroxylation sites is 2. The first-order chi connectivity index (χ1) is 28.7. The third kappa shape index (κ3) is 10.8. The van der Waals surface area contributed by atoms with Gasteiger partial charge in [-0.3, -0.25) is 24.0 Å². The Morgan fingerprint density at radius 3 is 1.46 bits per heavy atom. The molecule has 2 fully saturated rings. The number of carbonyl (C=O) groups is 5. The van der Waals surface area contributed by atoms with Gasteiger partial charge in [-0.2, -0.15) is 0 Å². The number of fused-ring (bicyclic) bond motifs is 2. The van der Waals surface area contributed by atoms with E-state index in [1.807, 2.05) is 108 Å². The normalized spacial score (nSPS) is 13.9. The van der Waals surface area contributed by atoms with Gasteiger partial charge in [0.15, 0.2) is 0 Å². The quantitative estimate of drug-likeness (QED) is 0.0895. The summed E-state index contributed by atoms with van der Waals surface area (Å²) in [5, 5.41) is 1.93. The number of benzene rings is 4. The van der Waals surface area contributed by atoms with Gasteiger partial charge >= 0.3 is 5.97 Å². The number of carbonyl (C=O) groups excluding carboxylic acids is 5. The summed E-state index contributed by atoms with van der Waals surface area (Å²) < 4.78 is 4.58. The summed E-state index contributed by atoms with van der Waals surface area (Å²) in [5.74, 6) is -1.57. The van der Waals surface area contributed by atoms with E-state index in [1.54, 1.807) is 35.2 Å². The van der Waals surface area contributed by atoms with Crippen molar-refractivity contribution in [3.63, 3.8) is 0 Å². The first-order valence-electron chi connectivity index (χ1n) is 19.1. The zero-order valence-electron chi connectivity index (χ0n) is 32.6. The highest BCUT2D eigenvalue weighted by Crippen LogP contribution is 2.15. The summed E-state index contributed by atoms with van der Waals surface area (Å²) in [7, 11) is 1.35. The lowest BCUT2D eigenvalue weighted by Gasteiger charge is -2.34. The number of pyridine rings is 2. The topological polar surface area (TPSA) is 138 Å². The molecule has 2 aliphatic rings. The van der Waals surface area contributed by atoms with E-state index < -0.39 is 17.7 Å². The first-order valence-corrected chi connectivity index (χ1v) is 19.1. The molecule has 13 heteroatoms. The van der Waals surface area contributed by atoms with Crippen molar-refractivity contribution in [3.05, 3.63) is 167 Å². The van der Waals surface area contributed by atoms with Gasteiger partial charge < -0.3 is 19.4 Å². The summed E-state index contributed by atoms with van der Waals surface area (Å²) >= 11 is 0. The van der Waals surface area contributed by atoms with Crippen LogP contribution >= 0.6 is 0 Å². The SMILES string of the molecule is COC(=O)c1ccc2ccccc2n1.O=C(C(=O)N1CCN(C(=O)c2ccccc2)CC1)c1ccc2ccccc2n1.[C-]#[N+]CN1CCN(C(=O)c2ccccc2)CC1. The number of hydrogen-bond donors (Lipinski definition) is 0. The monoisotopic (exact) mass is 789 g/mol. The van der Waals surface area contributed by atoms with Gasteiger partial charge in [-0.05, 0) is 48.5 Å². The molecular formula is C46H43N7O6. The molecule has 2 aromatic heterocycles. The van der Waals surface area contributed by atoms with Crippen LogP contribution in [0, 0.1) is 6.57 Å². The number of aromatic nitrogens is 2. The Morgan fingerprint density at radius 1 is 0.542 bits per heavy atom. The summed E-state index contributed by atoms with van der Waals surface area (Å²) in [6, 6.07) is 40.4. The van der Waals surface area contributed by atoms with E-state index in [4.69, 9.17) is 6.57 Å². The van der Waals surface area contributed by atoms with Crippen LogP contribution < -0.4 is 0 Å². The van der Waals surface area contributed by atoms with E-state index in [0.717, 1.165) is 34.9 Å². The number of ether oxygens (including phenoxy) is 1. The molecule has 0 spiro atoms. The lowest BCUT2D eigenvalue weighted by atomic mass is 10.1. The number of methoxy groups -OCH3 is 1. The predicted molar refractivity (Wildman–Crippen MR) is 223 cm³/mol. The molecule has 0 radical (unpaired) electrons. The van der Waals surface area contributed by atoms with Crippen LogP contribution in [-0.2, 0) is 9.53 Å². The van der Waals surface area contributed by atoms with Crippen LogP contribution in [-0.4, -0.2) is 125 Å². The largest absolute Gasteiger partial charge is 0.464 e. The predicted octanol–water partition coefficient (Wildman–Crippen LogP) is 5.74. The van der Waals surface area contributed by atoms with E-state index >= 15 is 0 Å². The number of Topliss-reactive ketones (excluding diaryl/α,β-unsaturated/α-hetero) is 1. The van der Waals surface area contributed by atoms with Gasteiger partial charge in [-0.1, -0.05) is 84.9 Å². The van der Waals surface area contributed by atoms with Crippen molar-refractivity contribution in [2.24, 2.45) is 0 Å². The smallest absolute Gasteiger partial charge is 0.356 e. The Morgan fingerprint density at radius 2 is 0.966 bits per heavy atom. The zero-order valence-corrected chi connectivity index (χ0v) is 32.6. The number of nitrogens with zero attached hydrogens (tertiary/aromatic N) is 7. The van der Waals surface area contributed by atoms with Crippen molar-refractivity contribution in [1.29, 1.82) is 0 Å². The van der Waals surface area contributed by atoms with Crippen molar-refractivity contribution < 1.29 is 28.7 Å². The molecule has 0 N–H and O–H groups in total. The van der Waals surface area contributed by atoms with Crippen LogP contribution in [0.15, 0.2) is 133 Å². The van der Waals surface area contributed by atoms with Gasteiger partial charge in [-0.15, -0.1) is 0 Å². The number of rotatable bonds is 6. The zero-order chi connectivity index (χ0) is 41.6. The lowest BCUT2D eigenvalue weighted by molar-refractivity contribution is -0.127. The molecule has 0 unspecified atom stereocenters. The van der Waals surface area contributed by atoms with E-state index in [9.17, 15) is 24.0 Å². The van der Waals surface area contributed by atoms with Gasteiger partial charge in [0.1, 0.15) is 11.4 Å². The molecule has 298 valence electrons. The lowest BCUT2D eigenvalue weighted by Crippen LogP contribution is -2.52. The summed E-state index contributed by atoms with van der Waals surface area (Å²) in [6.07, 6.45) is 0. The Labute approximate surface area is 342 Å². The second-order valence-electron chi connectivity index (χ2n) is 13.6. The van der Waals surface area contributed by atoms with Crippen molar-refractivity contribution in [2.75, 3.05) is 66.1 Å². The Balaban J connectivity index is 0.000000161. The number of esters is 1. The van der Waals surface area contributed by atoms with E-state index in [0.29, 0.717) is 62.7 Å². The average Bonchev–Trinajstić information content (AvgIpc) is 3.31. The fourth-order valence-electron chi connectivity index (χ4n) is 6.56. The van der Waals surface area contributed by atoms with Crippen LogP contribution in [0.5, 0.6) is 0 Å². The Kier molecular flexibility index (Phi) is 14.2. The fourth-order valence-corrected chi connectivity index (χ4v) is 6.56. The highest BCUT2D eigenvalue weighted by Gasteiger charge is 2.29. The van der Waals surface area contributed by atoms with E-state index in [2.05, 4.69) is 24.4 Å². The molecule has 6 aromatic rings. The molecule has 8 rings (SSSR count). The second kappa shape index (κ2) is 20.2. The maximum absolute atomic E-state index is 12.6. The minimum Gasteiger partial charge on any atom is -0.464 e. The molecule has 4 heterocycles. The van der Waals surface area contributed by atoms with Crippen LogP contribution in [0.25, 0.3) is 26.7 Å². The highest BCUT2D eigenvalue weighted by atomic mass is 16.5. The third-order valence-corrected chi connectivity index (χ3v) is 9.84. The van der Waals surface area contributed by atoms with E-state index in [-0.39, 0.29) is 17.5 Å². The van der Waals surface area contributed by atoms with Crippen LogP contribution in [0.2, 0.25) is 0 Å². The van der Waals surface area contributed by atoms with Gasteiger partial charge in [0, 0.05) is 74.3 Å². The highest BCUT2D eigenvalue weighted by molar-refractivity contribution is 6.42. The molecule has 0 aliphatic carbocycles. The molecule has 2 saturated heterocycles. The van der Waals surface area contributed by atoms with Crippen LogP contribution in [0.3, 0.4) is 0 Å². The van der Waals surface area contributed by atoms with Crippen molar-refractivity contribution in [3.8, 4) is 0 Å².